The van der Waals surface area contributed by atoms with Crippen molar-refractivity contribution in [2.45, 2.75) is 6.92 Å². The average Bonchev–Trinajstić information content (AvgIpc) is 3.22. The van der Waals surface area contributed by atoms with Crippen molar-refractivity contribution in [2.24, 2.45) is 0 Å². The lowest BCUT2D eigenvalue weighted by Gasteiger charge is -2.03. The van der Waals surface area contributed by atoms with Gasteiger partial charge in [0.05, 0.1) is 7.11 Å². The van der Waals surface area contributed by atoms with Crippen LogP contribution in [-0.4, -0.2) is 29.3 Å². The molecule has 0 unspecified atom stereocenters. The molecule has 0 bridgehead atoms. The summed E-state index contributed by atoms with van der Waals surface area (Å²) in [5.74, 6) is 0.105. The summed E-state index contributed by atoms with van der Waals surface area (Å²) in [6.45, 7) is 1.70. The number of aromatic nitrogens is 2. The molecule has 0 radical (unpaired) electrons. The third kappa shape index (κ3) is 3.83. The number of amides is 2. The van der Waals surface area contributed by atoms with Crippen LogP contribution < -0.4 is 10.6 Å². The van der Waals surface area contributed by atoms with E-state index < -0.39 is 12.0 Å². The summed E-state index contributed by atoms with van der Waals surface area (Å²) < 4.78 is 9.48. The number of aryl methyl sites for hydroxylation is 1. The zero-order valence-corrected chi connectivity index (χ0v) is 14.2. The fourth-order valence-electron chi connectivity index (χ4n) is 2.03. The van der Waals surface area contributed by atoms with Crippen molar-refractivity contribution in [1.29, 1.82) is 0 Å². The number of rotatable bonds is 4. The molecule has 0 atom stereocenters. The lowest BCUT2D eigenvalue weighted by Crippen LogP contribution is -2.11. The van der Waals surface area contributed by atoms with E-state index in [4.69, 9.17) is 4.52 Å². The standard InChI is InChI=1S/C16H14N4O4S/c1-9-8-11(20-24-9)13(21)18-14-12(10-6-4-3-5-7-10)17-15(25-14)19-16(22)23-2/h3-8H,1-2H3,(H,18,21)(H,17,19,22). The molecule has 9 heteroatoms. The summed E-state index contributed by atoms with van der Waals surface area (Å²) >= 11 is 1.11. The molecule has 3 rings (SSSR count). The third-order valence-corrected chi connectivity index (χ3v) is 4.04. The van der Waals surface area contributed by atoms with Gasteiger partial charge in [-0.2, -0.15) is 0 Å². The van der Waals surface area contributed by atoms with E-state index in [-0.39, 0.29) is 5.69 Å². The fourth-order valence-corrected chi connectivity index (χ4v) is 2.90. The molecule has 0 saturated heterocycles. The number of anilines is 2. The highest BCUT2D eigenvalue weighted by Gasteiger charge is 2.19. The molecule has 8 nitrogen and oxygen atoms in total. The van der Waals surface area contributed by atoms with Gasteiger partial charge in [0.25, 0.3) is 5.91 Å². The molecule has 25 heavy (non-hydrogen) atoms. The van der Waals surface area contributed by atoms with Crippen molar-refractivity contribution in [1.82, 2.24) is 10.1 Å². The third-order valence-electron chi connectivity index (χ3n) is 3.16. The van der Waals surface area contributed by atoms with Crippen molar-refractivity contribution < 1.29 is 18.8 Å². The van der Waals surface area contributed by atoms with Crippen LogP contribution in [0.5, 0.6) is 0 Å². The minimum atomic E-state index is -0.640. The van der Waals surface area contributed by atoms with Crippen molar-refractivity contribution in [3.8, 4) is 11.3 Å². The van der Waals surface area contributed by atoms with Gasteiger partial charge in [-0.05, 0) is 6.92 Å². The molecule has 2 heterocycles. The van der Waals surface area contributed by atoms with Gasteiger partial charge in [0.2, 0.25) is 0 Å². The lowest BCUT2D eigenvalue weighted by atomic mass is 10.2. The topological polar surface area (TPSA) is 106 Å². The Bertz CT molecular complexity index is 904. The maximum atomic E-state index is 12.3. The summed E-state index contributed by atoms with van der Waals surface area (Å²) in [5.41, 5.74) is 1.49. The second-order valence-electron chi connectivity index (χ2n) is 4.96. The zero-order valence-electron chi connectivity index (χ0n) is 13.4. The molecule has 0 aliphatic heterocycles. The molecule has 1 aromatic carbocycles. The Morgan fingerprint density at radius 3 is 2.60 bits per heavy atom. The first kappa shape index (κ1) is 16.7. The normalized spacial score (nSPS) is 10.3. The number of hydrogen-bond acceptors (Lipinski definition) is 7. The van der Waals surface area contributed by atoms with E-state index in [9.17, 15) is 9.59 Å². The van der Waals surface area contributed by atoms with Gasteiger partial charge in [0.1, 0.15) is 16.5 Å². The monoisotopic (exact) mass is 358 g/mol. The number of thiazole rings is 1. The molecule has 0 saturated carbocycles. The Balaban J connectivity index is 1.93. The number of methoxy groups -OCH3 is 1. The summed E-state index contributed by atoms with van der Waals surface area (Å²) in [7, 11) is 1.26. The van der Waals surface area contributed by atoms with Gasteiger partial charge in [-0.25, -0.2) is 9.78 Å². The maximum absolute atomic E-state index is 12.3. The smallest absolute Gasteiger partial charge is 0.413 e. The summed E-state index contributed by atoms with van der Waals surface area (Å²) in [5, 5.41) is 9.72. The Morgan fingerprint density at radius 2 is 1.96 bits per heavy atom. The first-order valence-corrected chi connectivity index (χ1v) is 8.04. The number of nitrogens with one attached hydrogen (secondary N) is 2. The van der Waals surface area contributed by atoms with Crippen LogP contribution >= 0.6 is 11.3 Å². The van der Waals surface area contributed by atoms with Gasteiger partial charge < -0.3 is 14.6 Å². The van der Waals surface area contributed by atoms with Gasteiger partial charge in [-0.3, -0.25) is 10.1 Å². The van der Waals surface area contributed by atoms with Gasteiger partial charge in [0.15, 0.2) is 10.8 Å². The Kier molecular flexibility index (Phi) is 4.75. The van der Waals surface area contributed by atoms with Gasteiger partial charge in [-0.1, -0.05) is 46.8 Å². The second kappa shape index (κ2) is 7.14. The van der Waals surface area contributed by atoms with E-state index in [2.05, 4.69) is 25.5 Å². The largest absolute Gasteiger partial charge is 0.453 e. The summed E-state index contributed by atoms with van der Waals surface area (Å²) in [6.07, 6.45) is -0.640. The molecule has 2 N–H and O–H groups in total. The number of nitrogens with zero attached hydrogens (tertiary/aromatic N) is 2. The van der Waals surface area contributed by atoms with E-state index in [1.807, 2.05) is 30.3 Å². The zero-order chi connectivity index (χ0) is 17.8. The molecule has 0 aliphatic carbocycles. The number of carbonyl (C=O) groups is 2. The van der Waals surface area contributed by atoms with E-state index in [1.165, 1.54) is 13.2 Å². The van der Waals surface area contributed by atoms with E-state index in [0.717, 1.165) is 16.9 Å². The Labute approximate surface area is 146 Å². The minimum Gasteiger partial charge on any atom is -0.453 e. The average molecular weight is 358 g/mol. The molecule has 0 aliphatic rings. The predicted molar refractivity (Wildman–Crippen MR) is 92.8 cm³/mol. The molecular weight excluding hydrogens is 344 g/mol. The molecular formula is C16H14N4O4S. The van der Waals surface area contributed by atoms with Crippen LogP contribution in [0.4, 0.5) is 14.9 Å². The number of hydrogen-bond donors (Lipinski definition) is 2. The van der Waals surface area contributed by atoms with Crippen LogP contribution in [-0.2, 0) is 4.74 Å². The SMILES string of the molecule is COC(=O)Nc1nc(-c2ccccc2)c(NC(=O)c2cc(C)on2)s1. The van der Waals surface area contributed by atoms with Gasteiger partial charge >= 0.3 is 6.09 Å². The highest BCUT2D eigenvalue weighted by atomic mass is 32.1. The van der Waals surface area contributed by atoms with Crippen molar-refractivity contribution in [3.05, 3.63) is 47.9 Å². The molecule has 3 aromatic rings. The Morgan fingerprint density at radius 1 is 1.20 bits per heavy atom. The van der Waals surface area contributed by atoms with E-state index >= 15 is 0 Å². The highest BCUT2D eigenvalue weighted by molar-refractivity contribution is 7.20. The summed E-state index contributed by atoms with van der Waals surface area (Å²) in [4.78, 5) is 28.1. The fraction of sp³-hybridized carbons (Fsp3) is 0.125. The van der Waals surface area contributed by atoms with Crippen LogP contribution in [0.25, 0.3) is 11.3 Å². The molecule has 2 amide bonds. The van der Waals surface area contributed by atoms with Crippen LogP contribution in [0.2, 0.25) is 0 Å². The number of benzene rings is 1. The molecule has 2 aromatic heterocycles. The van der Waals surface area contributed by atoms with Crippen LogP contribution in [0.15, 0.2) is 40.9 Å². The highest BCUT2D eigenvalue weighted by Crippen LogP contribution is 2.36. The maximum Gasteiger partial charge on any atom is 0.413 e. The second-order valence-corrected chi connectivity index (χ2v) is 5.96. The molecule has 0 spiro atoms. The Hall–Kier alpha value is -3.20. The van der Waals surface area contributed by atoms with E-state index in [1.54, 1.807) is 6.92 Å². The van der Waals surface area contributed by atoms with E-state index in [0.29, 0.717) is 21.6 Å². The minimum absolute atomic E-state index is 0.160. The molecule has 0 fully saturated rings. The van der Waals surface area contributed by atoms with Gasteiger partial charge in [0, 0.05) is 11.6 Å². The van der Waals surface area contributed by atoms with Crippen LogP contribution in [0, 0.1) is 6.92 Å². The lowest BCUT2D eigenvalue weighted by molar-refractivity contribution is 0.101. The predicted octanol–water partition coefficient (Wildman–Crippen LogP) is 3.54. The van der Waals surface area contributed by atoms with Gasteiger partial charge in [-0.15, -0.1) is 0 Å². The number of carbonyl (C=O) groups excluding carboxylic acids is 2. The molecule has 128 valence electrons. The first-order chi connectivity index (χ1) is 12.1. The first-order valence-electron chi connectivity index (χ1n) is 7.22. The summed E-state index contributed by atoms with van der Waals surface area (Å²) in [6, 6.07) is 10.8. The van der Waals surface area contributed by atoms with Crippen LogP contribution in [0.3, 0.4) is 0 Å². The quantitative estimate of drug-likeness (QED) is 0.739. The van der Waals surface area contributed by atoms with Crippen LogP contribution in [0.1, 0.15) is 16.2 Å². The van der Waals surface area contributed by atoms with Crippen molar-refractivity contribution in [2.75, 3.05) is 17.7 Å². The van der Waals surface area contributed by atoms with Crippen molar-refractivity contribution in [3.63, 3.8) is 0 Å². The number of ether oxygens (including phenoxy) is 1. The van der Waals surface area contributed by atoms with Crippen molar-refractivity contribution >= 4 is 33.5 Å².